The van der Waals surface area contributed by atoms with Gasteiger partial charge in [0.1, 0.15) is 0 Å². The lowest BCUT2D eigenvalue weighted by Crippen LogP contribution is -1.98. The first-order chi connectivity index (χ1) is 7.59. The van der Waals surface area contributed by atoms with Gasteiger partial charge in [0.15, 0.2) is 0 Å². The second-order valence-electron chi connectivity index (χ2n) is 3.34. The average molecular weight is 281 g/mol. The minimum absolute atomic E-state index is 0.0387. The van der Waals surface area contributed by atoms with Gasteiger partial charge in [0.2, 0.25) is 5.82 Å². The fourth-order valence-corrected chi connectivity index (χ4v) is 1.95. The monoisotopic (exact) mass is 280 g/mol. The highest BCUT2D eigenvalue weighted by Crippen LogP contribution is 2.28. The van der Waals surface area contributed by atoms with Crippen LogP contribution < -0.4 is 0 Å². The Balaban J connectivity index is 2.57. The number of carboxylic acid groups (broad SMARTS) is 1. The number of aromatic nitrogens is 2. The van der Waals surface area contributed by atoms with E-state index < -0.39 is 5.97 Å². The number of carbonyl (C=O) groups is 1. The minimum atomic E-state index is -1.05. The number of hydrogen-bond acceptors (Lipinski definition) is 2. The maximum absolute atomic E-state index is 10.8. The van der Waals surface area contributed by atoms with Crippen LogP contribution in [0.2, 0.25) is 0 Å². The molecule has 5 heteroatoms. The van der Waals surface area contributed by atoms with Crippen molar-refractivity contribution in [2.75, 3.05) is 0 Å². The van der Waals surface area contributed by atoms with Crippen LogP contribution in [-0.4, -0.2) is 21.0 Å². The number of H-pyrrole nitrogens is 1. The molecule has 1 heterocycles. The van der Waals surface area contributed by atoms with Crippen LogP contribution in [0.5, 0.6) is 0 Å². The zero-order valence-corrected chi connectivity index (χ0v) is 10.1. The molecule has 2 aromatic rings. The van der Waals surface area contributed by atoms with Crippen molar-refractivity contribution in [3.8, 4) is 11.3 Å². The summed E-state index contributed by atoms with van der Waals surface area (Å²) in [5.74, 6) is -1.09. The molecule has 4 nitrogen and oxygen atoms in total. The number of hydrogen-bond donors (Lipinski definition) is 2. The van der Waals surface area contributed by atoms with E-state index in [1.807, 2.05) is 24.3 Å². The van der Waals surface area contributed by atoms with Crippen LogP contribution in [0.3, 0.4) is 0 Å². The summed E-state index contributed by atoms with van der Waals surface area (Å²) in [6.45, 7) is 1.80. The Morgan fingerprint density at radius 3 is 2.69 bits per heavy atom. The minimum Gasteiger partial charge on any atom is -0.475 e. The molecule has 1 aromatic heterocycles. The molecule has 0 unspecified atom stereocenters. The summed E-state index contributed by atoms with van der Waals surface area (Å²) in [5.41, 5.74) is 2.28. The zero-order valence-electron chi connectivity index (χ0n) is 8.49. The number of nitrogens with one attached hydrogen (secondary N) is 1. The Labute approximate surface area is 100 Å². The fraction of sp³-hybridized carbons (Fsp3) is 0.0909. The number of rotatable bonds is 2. The largest absolute Gasteiger partial charge is 0.475 e. The summed E-state index contributed by atoms with van der Waals surface area (Å²) < 4.78 is 0.890. The first kappa shape index (κ1) is 10.9. The molecule has 0 radical (unpaired) electrons. The molecule has 0 atom stereocenters. The third-order valence-electron chi connectivity index (χ3n) is 2.22. The van der Waals surface area contributed by atoms with Gasteiger partial charge < -0.3 is 10.1 Å². The Kier molecular flexibility index (Phi) is 2.78. The van der Waals surface area contributed by atoms with Gasteiger partial charge in [-0.25, -0.2) is 9.78 Å². The smallest absolute Gasteiger partial charge is 0.371 e. The molecule has 1 aromatic carbocycles. The molecular weight excluding hydrogens is 272 g/mol. The van der Waals surface area contributed by atoms with E-state index in [1.165, 1.54) is 0 Å². The molecule has 0 saturated heterocycles. The number of nitrogens with zero attached hydrogens (tertiary/aromatic N) is 1. The number of aryl methyl sites for hydroxylation is 1. The predicted octanol–water partition coefficient (Wildman–Crippen LogP) is 2.85. The van der Waals surface area contributed by atoms with Gasteiger partial charge >= 0.3 is 5.97 Å². The molecule has 2 N–H and O–H groups in total. The summed E-state index contributed by atoms with van der Waals surface area (Å²) in [6, 6.07) is 7.56. The van der Waals surface area contributed by atoms with E-state index in [0.29, 0.717) is 5.69 Å². The number of halogens is 1. The van der Waals surface area contributed by atoms with Gasteiger partial charge in [0, 0.05) is 15.7 Å². The van der Waals surface area contributed by atoms with Crippen molar-refractivity contribution in [3.05, 3.63) is 40.3 Å². The molecule has 0 aliphatic carbocycles. The van der Waals surface area contributed by atoms with Crippen molar-refractivity contribution in [1.29, 1.82) is 0 Å². The third kappa shape index (κ3) is 1.86. The summed E-state index contributed by atoms with van der Waals surface area (Å²) in [6.07, 6.45) is 0. The first-order valence-electron chi connectivity index (χ1n) is 4.64. The first-order valence-corrected chi connectivity index (χ1v) is 5.43. The number of imidazole rings is 1. The van der Waals surface area contributed by atoms with E-state index in [4.69, 9.17) is 5.11 Å². The quantitative estimate of drug-likeness (QED) is 0.889. The second kappa shape index (κ2) is 4.09. The van der Waals surface area contributed by atoms with Crippen molar-refractivity contribution in [1.82, 2.24) is 9.97 Å². The van der Waals surface area contributed by atoms with Gasteiger partial charge in [-0.1, -0.05) is 34.1 Å². The van der Waals surface area contributed by atoms with Crippen LogP contribution in [0.25, 0.3) is 11.3 Å². The average Bonchev–Trinajstić information content (AvgIpc) is 2.61. The van der Waals surface area contributed by atoms with E-state index in [2.05, 4.69) is 25.9 Å². The van der Waals surface area contributed by atoms with E-state index in [-0.39, 0.29) is 5.82 Å². The van der Waals surface area contributed by atoms with Gasteiger partial charge in [-0.3, -0.25) is 0 Å². The number of aromatic amines is 1. The molecule has 0 fully saturated rings. The van der Waals surface area contributed by atoms with Gasteiger partial charge in [-0.2, -0.15) is 0 Å². The summed E-state index contributed by atoms with van der Waals surface area (Å²) >= 11 is 3.41. The summed E-state index contributed by atoms with van der Waals surface area (Å²) in [4.78, 5) is 17.6. The lowest BCUT2D eigenvalue weighted by molar-refractivity contribution is 0.0684. The van der Waals surface area contributed by atoms with Crippen LogP contribution in [0, 0.1) is 6.92 Å². The van der Waals surface area contributed by atoms with E-state index in [9.17, 15) is 4.79 Å². The molecular formula is C11H9BrN2O2. The summed E-state index contributed by atoms with van der Waals surface area (Å²) in [5, 5.41) is 8.83. The van der Waals surface area contributed by atoms with E-state index >= 15 is 0 Å². The standard InChI is InChI=1S/C11H9BrN2O2/c1-6-9(14-10(13-6)11(15)16)7-4-2-3-5-8(7)12/h2-5H,1H3,(H,13,14)(H,15,16). The van der Waals surface area contributed by atoms with Crippen LogP contribution in [0.4, 0.5) is 0 Å². The Hall–Kier alpha value is -1.62. The molecule has 0 aliphatic rings. The second-order valence-corrected chi connectivity index (χ2v) is 4.20. The Morgan fingerprint density at radius 2 is 2.12 bits per heavy atom. The van der Waals surface area contributed by atoms with Crippen molar-refractivity contribution in [3.63, 3.8) is 0 Å². The van der Waals surface area contributed by atoms with E-state index in [1.54, 1.807) is 6.92 Å². The predicted molar refractivity (Wildman–Crippen MR) is 63.4 cm³/mol. The fourth-order valence-electron chi connectivity index (χ4n) is 1.48. The van der Waals surface area contributed by atoms with Crippen LogP contribution >= 0.6 is 15.9 Å². The Morgan fingerprint density at radius 1 is 1.44 bits per heavy atom. The zero-order chi connectivity index (χ0) is 11.7. The molecule has 16 heavy (non-hydrogen) atoms. The third-order valence-corrected chi connectivity index (χ3v) is 2.91. The number of benzene rings is 1. The van der Waals surface area contributed by atoms with Gasteiger partial charge in [0.05, 0.1) is 5.69 Å². The maximum Gasteiger partial charge on any atom is 0.371 e. The lowest BCUT2D eigenvalue weighted by Gasteiger charge is -2.00. The van der Waals surface area contributed by atoms with Gasteiger partial charge in [-0.15, -0.1) is 0 Å². The van der Waals surface area contributed by atoms with Crippen LogP contribution in [-0.2, 0) is 0 Å². The molecule has 0 spiro atoms. The van der Waals surface area contributed by atoms with Crippen molar-refractivity contribution < 1.29 is 9.90 Å². The maximum atomic E-state index is 10.8. The van der Waals surface area contributed by atoms with Gasteiger partial charge in [-0.05, 0) is 13.0 Å². The molecule has 0 amide bonds. The van der Waals surface area contributed by atoms with E-state index in [0.717, 1.165) is 15.7 Å². The molecule has 0 bridgehead atoms. The van der Waals surface area contributed by atoms with Gasteiger partial charge in [0.25, 0.3) is 0 Å². The molecule has 82 valence electrons. The SMILES string of the molecule is Cc1[nH]c(C(=O)O)nc1-c1ccccc1Br. The highest BCUT2D eigenvalue weighted by atomic mass is 79.9. The van der Waals surface area contributed by atoms with Crippen molar-refractivity contribution in [2.45, 2.75) is 6.92 Å². The highest BCUT2D eigenvalue weighted by Gasteiger charge is 2.14. The summed E-state index contributed by atoms with van der Waals surface area (Å²) in [7, 11) is 0. The normalized spacial score (nSPS) is 10.4. The molecule has 2 rings (SSSR count). The number of aromatic carboxylic acids is 1. The lowest BCUT2D eigenvalue weighted by atomic mass is 10.1. The number of carboxylic acids is 1. The van der Waals surface area contributed by atoms with Crippen LogP contribution in [0.1, 0.15) is 16.3 Å². The van der Waals surface area contributed by atoms with Crippen molar-refractivity contribution >= 4 is 21.9 Å². The van der Waals surface area contributed by atoms with Crippen molar-refractivity contribution in [2.24, 2.45) is 0 Å². The molecule has 0 aliphatic heterocycles. The van der Waals surface area contributed by atoms with Crippen LogP contribution in [0.15, 0.2) is 28.7 Å². The Bertz CT molecular complexity index is 549. The highest BCUT2D eigenvalue weighted by molar-refractivity contribution is 9.10. The molecule has 0 saturated carbocycles. The topological polar surface area (TPSA) is 66.0 Å².